The van der Waals surface area contributed by atoms with Gasteiger partial charge < -0.3 is 15.8 Å². The lowest BCUT2D eigenvalue weighted by Crippen LogP contribution is -2.29. The number of anilines is 1. The molecule has 1 aromatic heterocycles. The van der Waals surface area contributed by atoms with Gasteiger partial charge in [0.05, 0.1) is 12.7 Å². The SMILES string of the molecule is CC.COc1ccc2sc(NC(=O)c3cccc(CN4CCCCC4)c3)c(C(N)=O)c2c1. The Morgan fingerprint density at radius 3 is 2.53 bits per heavy atom. The summed E-state index contributed by atoms with van der Waals surface area (Å²) >= 11 is 1.33. The number of piperidine rings is 1. The highest BCUT2D eigenvalue weighted by molar-refractivity contribution is 7.23. The molecule has 3 aromatic rings. The van der Waals surface area contributed by atoms with Crippen LogP contribution in [0, 0.1) is 0 Å². The number of likely N-dealkylation sites (tertiary alicyclic amines) is 1. The van der Waals surface area contributed by atoms with Crippen LogP contribution in [0.3, 0.4) is 0 Å². The highest BCUT2D eigenvalue weighted by Gasteiger charge is 2.20. The van der Waals surface area contributed by atoms with Gasteiger partial charge in [-0.05, 0) is 61.8 Å². The monoisotopic (exact) mass is 453 g/mol. The molecule has 1 fully saturated rings. The zero-order chi connectivity index (χ0) is 23.1. The van der Waals surface area contributed by atoms with Crippen LogP contribution >= 0.6 is 11.3 Å². The van der Waals surface area contributed by atoms with Crippen molar-refractivity contribution in [3.8, 4) is 5.75 Å². The Hall–Kier alpha value is -2.90. The molecule has 1 saturated heterocycles. The summed E-state index contributed by atoms with van der Waals surface area (Å²) in [5.41, 5.74) is 7.62. The molecule has 2 heterocycles. The molecule has 3 N–H and O–H groups in total. The molecule has 0 unspecified atom stereocenters. The van der Waals surface area contributed by atoms with Gasteiger partial charge in [0.1, 0.15) is 10.8 Å². The minimum Gasteiger partial charge on any atom is -0.497 e. The largest absolute Gasteiger partial charge is 0.497 e. The minimum absolute atomic E-state index is 0.253. The lowest BCUT2D eigenvalue weighted by Gasteiger charge is -2.26. The fourth-order valence-corrected chi connectivity index (χ4v) is 4.98. The van der Waals surface area contributed by atoms with Gasteiger partial charge in [-0.1, -0.05) is 32.4 Å². The Morgan fingerprint density at radius 2 is 1.84 bits per heavy atom. The molecule has 0 saturated carbocycles. The first-order valence-corrected chi connectivity index (χ1v) is 11.9. The van der Waals surface area contributed by atoms with E-state index in [1.165, 1.54) is 30.6 Å². The molecule has 0 bridgehead atoms. The highest BCUT2D eigenvalue weighted by atomic mass is 32.1. The summed E-state index contributed by atoms with van der Waals surface area (Å²) in [6.45, 7) is 7.05. The van der Waals surface area contributed by atoms with E-state index in [0.29, 0.717) is 27.3 Å². The predicted octanol–water partition coefficient (Wildman–Crippen LogP) is 5.27. The van der Waals surface area contributed by atoms with Crippen molar-refractivity contribution < 1.29 is 14.3 Å². The van der Waals surface area contributed by atoms with Gasteiger partial charge in [-0.2, -0.15) is 0 Å². The van der Waals surface area contributed by atoms with Crippen LogP contribution in [0.4, 0.5) is 5.00 Å². The summed E-state index contributed by atoms with van der Waals surface area (Å²) in [5.74, 6) is -0.203. The number of ether oxygens (including phenoxy) is 1. The van der Waals surface area contributed by atoms with Gasteiger partial charge in [0.2, 0.25) is 0 Å². The molecule has 6 nitrogen and oxygen atoms in total. The fourth-order valence-electron chi connectivity index (χ4n) is 3.90. The molecule has 0 aliphatic carbocycles. The first-order chi connectivity index (χ1) is 15.5. The van der Waals surface area contributed by atoms with Crippen molar-refractivity contribution in [1.82, 2.24) is 4.90 Å². The molecule has 2 aromatic carbocycles. The summed E-state index contributed by atoms with van der Waals surface area (Å²) in [5, 5.41) is 4.03. The number of primary amides is 1. The van der Waals surface area contributed by atoms with Crippen LogP contribution in [0.2, 0.25) is 0 Å². The zero-order valence-corrected chi connectivity index (χ0v) is 19.8. The van der Waals surface area contributed by atoms with Crippen molar-refractivity contribution in [2.75, 3.05) is 25.5 Å². The Balaban J connectivity index is 0.00000141. The number of carbonyl (C=O) groups is 2. The van der Waals surface area contributed by atoms with Crippen LogP contribution in [-0.4, -0.2) is 36.9 Å². The number of methoxy groups -OCH3 is 1. The molecule has 0 atom stereocenters. The lowest BCUT2D eigenvalue weighted by atomic mass is 10.1. The predicted molar refractivity (Wildman–Crippen MR) is 132 cm³/mol. The van der Waals surface area contributed by atoms with Crippen LogP contribution in [0.25, 0.3) is 10.1 Å². The topological polar surface area (TPSA) is 84.7 Å². The first-order valence-electron chi connectivity index (χ1n) is 11.1. The van der Waals surface area contributed by atoms with Gasteiger partial charge in [0.15, 0.2) is 0 Å². The number of nitrogens with two attached hydrogens (primary N) is 1. The number of rotatable bonds is 6. The second-order valence-corrected chi connectivity index (χ2v) is 8.58. The van der Waals surface area contributed by atoms with Gasteiger partial charge >= 0.3 is 0 Å². The molecule has 170 valence electrons. The van der Waals surface area contributed by atoms with Crippen LogP contribution in [0.1, 0.15) is 59.4 Å². The number of amides is 2. The van der Waals surface area contributed by atoms with E-state index < -0.39 is 5.91 Å². The Morgan fingerprint density at radius 1 is 1.09 bits per heavy atom. The summed E-state index contributed by atoms with van der Waals surface area (Å²) in [7, 11) is 1.57. The van der Waals surface area contributed by atoms with E-state index in [0.717, 1.165) is 29.9 Å². The van der Waals surface area contributed by atoms with E-state index in [9.17, 15) is 9.59 Å². The third-order valence-corrected chi connectivity index (χ3v) is 6.50. The summed E-state index contributed by atoms with van der Waals surface area (Å²) in [4.78, 5) is 27.5. The van der Waals surface area contributed by atoms with Crippen molar-refractivity contribution in [3.63, 3.8) is 0 Å². The third kappa shape index (κ3) is 5.47. The summed E-state index contributed by atoms with van der Waals surface area (Å²) in [6, 6.07) is 13.1. The van der Waals surface area contributed by atoms with Crippen molar-refractivity contribution in [1.29, 1.82) is 0 Å². The van der Waals surface area contributed by atoms with Gasteiger partial charge in [-0.25, -0.2) is 0 Å². The Labute approximate surface area is 193 Å². The highest BCUT2D eigenvalue weighted by Crippen LogP contribution is 2.37. The molecule has 1 aliphatic rings. The minimum atomic E-state index is -0.580. The molecule has 0 spiro atoms. The van der Waals surface area contributed by atoms with E-state index in [-0.39, 0.29) is 5.91 Å². The fraction of sp³-hybridized carbons (Fsp3) is 0.360. The number of carbonyl (C=O) groups excluding carboxylic acids is 2. The van der Waals surface area contributed by atoms with Crippen molar-refractivity contribution in [3.05, 3.63) is 59.2 Å². The maximum absolute atomic E-state index is 12.9. The maximum atomic E-state index is 12.9. The third-order valence-electron chi connectivity index (χ3n) is 5.41. The lowest BCUT2D eigenvalue weighted by molar-refractivity contribution is 0.100. The zero-order valence-electron chi connectivity index (χ0n) is 18.9. The van der Waals surface area contributed by atoms with E-state index >= 15 is 0 Å². The smallest absolute Gasteiger partial charge is 0.256 e. The average molecular weight is 454 g/mol. The molecule has 2 amide bonds. The molecule has 4 rings (SSSR count). The molecule has 1 aliphatic heterocycles. The van der Waals surface area contributed by atoms with E-state index in [1.807, 2.05) is 44.2 Å². The number of hydrogen-bond acceptors (Lipinski definition) is 5. The van der Waals surface area contributed by atoms with Crippen LogP contribution in [0.5, 0.6) is 5.75 Å². The van der Waals surface area contributed by atoms with Crippen LogP contribution < -0.4 is 15.8 Å². The van der Waals surface area contributed by atoms with Gasteiger partial charge in [-0.3, -0.25) is 14.5 Å². The number of benzene rings is 2. The Kier molecular flexibility index (Phi) is 8.25. The summed E-state index contributed by atoms with van der Waals surface area (Å²) < 4.78 is 6.11. The van der Waals surface area contributed by atoms with E-state index in [4.69, 9.17) is 10.5 Å². The number of nitrogens with zero attached hydrogens (tertiary/aromatic N) is 1. The number of hydrogen-bond donors (Lipinski definition) is 2. The quantitative estimate of drug-likeness (QED) is 0.532. The average Bonchev–Trinajstić information content (AvgIpc) is 3.18. The second kappa shape index (κ2) is 11.1. The van der Waals surface area contributed by atoms with Gasteiger partial charge in [-0.15, -0.1) is 11.3 Å². The van der Waals surface area contributed by atoms with Gasteiger partial charge in [0, 0.05) is 22.2 Å². The van der Waals surface area contributed by atoms with Crippen molar-refractivity contribution in [2.45, 2.75) is 39.7 Å². The standard InChI is InChI=1S/C23H25N3O3S.C2H6/c1-29-17-8-9-19-18(13-17)20(21(24)27)23(30-19)25-22(28)16-7-5-6-15(12-16)14-26-10-3-2-4-11-26;1-2/h5-9,12-13H,2-4,10-11,14H2,1H3,(H2,24,27)(H,25,28);1-2H3. The molecular formula is C25H31N3O3S. The van der Waals surface area contributed by atoms with Crippen molar-refractivity contribution in [2.24, 2.45) is 5.73 Å². The number of thiophene rings is 1. The Bertz CT molecular complexity index is 1090. The van der Waals surface area contributed by atoms with Crippen molar-refractivity contribution >= 4 is 38.2 Å². The summed E-state index contributed by atoms with van der Waals surface area (Å²) in [6.07, 6.45) is 3.75. The van der Waals surface area contributed by atoms with Crippen LogP contribution in [-0.2, 0) is 6.54 Å². The number of fused-ring (bicyclic) bond motifs is 1. The second-order valence-electron chi connectivity index (χ2n) is 7.52. The maximum Gasteiger partial charge on any atom is 0.256 e. The molecule has 7 heteroatoms. The first kappa shape index (κ1) is 23.8. The van der Waals surface area contributed by atoms with Crippen LogP contribution in [0.15, 0.2) is 42.5 Å². The van der Waals surface area contributed by atoms with E-state index in [2.05, 4.69) is 10.2 Å². The van der Waals surface area contributed by atoms with E-state index in [1.54, 1.807) is 19.2 Å². The molecular weight excluding hydrogens is 422 g/mol. The number of nitrogens with one attached hydrogen (secondary N) is 1. The molecule has 0 radical (unpaired) electrons. The molecule has 32 heavy (non-hydrogen) atoms. The van der Waals surface area contributed by atoms with Gasteiger partial charge in [0.25, 0.3) is 11.8 Å². The normalized spacial score (nSPS) is 13.8.